The van der Waals surface area contributed by atoms with Gasteiger partial charge in [0.1, 0.15) is 11.5 Å². The maximum atomic E-state index is 10.1. The van der Waals surface area contributed by atoms with Crippen molar-refractivity contribution in [2.24, 2.45) is 0 Å². The monoisotopic (exact) mass is 356 g/mol. The third-order valence-electron chi connectivity index (χ3n) is 6.40. The molecule has 0 amide bonds. The summed E-state index contributed by atoms with van der Waals surface area (Å²) in [6.07, 6.45) is 4.93. The van der Waals surface area contributed by atoms with E-state index in [4.69, 9.17) is 4.74 Å². The summed E-state index contributed by atoms with van der Waals surface area (Å²) < 4.78 is 5.38. The average molecular weight is 356 g/mol. The average Bonchev–Trinajstić information content (AvgIpc) is 3.41. The number of ether oxygens (including phenoxy) is 1. The van der Waals surface area contributed by atoms with E-state index in [1.807, 2.05) is 13.0 Å². The lowest BCUT2D eigenvalue weighted by Crippen LogP contribution is -2.14. The Kier molecular flexibility index (Phi) is 3.58. The predicted octanol–water partition coefficient (Wildman–Crippen LogP) is 5.28. The van der Waals surface area contributed by atoms with Crippen molar-refractivity contribution in [1.82, 2.24) is 0 Å². The first-order valence-corrected chi connectivity index (χ1v) is 9.76. The molecule has 0 saturated heterocycles. The number of aromatic hydroxyl groups is 1. The van der Waals surface area contributed by atoms with Gasteiger partial charge in [-0.25, -0.2) is 0 Å². The highest BCUT2D eigenvalue weighted by Gasteiger charge is 2.55. The Morgan fingerprint density at radius 3 is 2.37 bits per heavy atom. The van der Waals surface area contributed by atoms with Crippen molar-refractivity contribution in [3.8, 4) is 11.5 Å². The molecule has 3 aromatic rings. The van der Waals surface area contributed by atoms with E-state index in [9.17, 15) is 5.11 Å². The Bertz CT molecular complexity index is 1030. The Labute approximate surface area is 160 Å². The molecule has 0 heterocycles. The molecule has 0 bridgehead atoms. The van der Waals surface area contributed by atoms with Crippen LogP contribution in [0.4, 0.5) is 0 Å². The van der Waals surface area contributed by atoms with Crippen LogP contribution in [0.25, 0.3) is 0 Å². The van der Waals surface area contributed by atoms with Crippen LogP contribution in [0.5, 0.6) is 11.5 Å². The van der Waals surface area contributed by atoms with Crippen LogP contribution in [0.1, 0.15) is 51.8 Å². The summed E-state index contributed by atoms with van der Waals surface area (Å²) >= 11 is 0. The molecule has 0 saturated carbocycles. The fourth-order valence-electron chi connectivity index (χ4n) is 4.98. The molecule has 2 aliphatic rings. The van der Waals surface area contributed by atoms with E-state index in [0.29, 0.717) is 5.75 Å². The molecular formula is C25H24O2. The molecule has 1 unspecified atom stereocenters. The highest BCUT2D eigenvalue weighted by molar-refractivity contribution is 5.78. The third-order valence-corrected chi connectivity index (χ3v) is 6.40. The molecular weight excluding hydrogens is 332 g/mol. The van der Waals surface area contributed by atoms with Crippen molar-refractivity contribution in [3.63, 3.8) is 0 Å². The highest BCUT2D eigenvalue weighted by atomic mass is 16.5. The molecule has 136 valence electrons. The minimum atomic E-state index is -0.185. The highest BCUT2D eigenvalue weighted by Crippen LogP contribution is 2.62. The summed E-state index contributed by atoms with van der Waals surface area (Å²) in [6, 6.07) is 19.2. The summed E-state index contributed by atoms with van der Waals surface area (Å²) in [5, 5.41) is 10.1. The van der Waals surface area contributed by atoms with Gasteiger partial charge in [-0.05, 0) is 89.8 Å². The van der Waals surface area contributed by atoms with Crippen molar-refractivity contribution in [1.29, 1.82) is 0 Å². The molecule has 0 aromatic heterocycles. The Morgan fingerprint density at radius 1 is 0.889 bits per heavy atom. The smallest absolute Gasteiger partial charge is 0.118 e. The van der Waals surface area contributed by atoms with Crippen LogP contribution in [-0.2, 0) is 18.3 Å². The second-order valence-corrected chi connectivity index (χ2v) is 7.81. The van der Waals surface area contributed by atoms with E-state index in [2.05, 4.69) is 48.5 Å². The van der Waals surface area contributed by atoms with Crippen LogP contribution in [0.2, 0.25) is 0 Å². The number of hydrogen-bond donors (Lipinski definition) is 1. The zero-order valence-electron chi connectivity index (χ0n) is 15.9. The Balaban J connectivity index is 1.74. The maximum Gasteiger partial charge on any atom is 0.118 e. The molecule has 0 spiro atoms. The quantitative estimate of drug-likeness (QED) is 0.541. The zero-order chi connectivity index (χ0) is 18.6. The number of rotatable bonds is 3. The number of methoxy groups -OCH3 is 1. The molecule has 2 heteroatoms. The first-order valence-electron chi connectivity index (χ1n) is 9.76. The number of phenols is 1. The molecule has 0 radical (unpaired) electrons. The van der Waals surface area contributed by atoms with Crippen molar-refractivity contribution in [2.45, 2.75) is 38.0 Å². The molecule has 0 aliphatic heterocycles. The summed E-state index contributed by atoms with van der Waals surface area (Å²) in [4.78, 5) is 0. The Hall–Kier alpha value is -2.74. The van der Waals surface area contributed by atoms with E-state index in [0.717, 1.165) is 11.3 Å². The van der Waals surface area contributed by atoms with Crippen molar-refractivity contribution in [3.05, 3.63) is 93.5 Å². The van der Waals surface area contributed by atoms with Crippen molar-refractivity contribution < 1.29 is 9.84 Å². The topological polar surface area (TPSA) is 29.5 Å². The van der Waals surface area contributed by atoms with Gasteiger partial charge >= 0.3 is 0 Å². The zero-order valence-corrected chi connectivity index (χ0v) is 15.9. The lowest BCUT2D eigenvalue weighted by molar-refractivity contribution is 0.414. The number of hydrogen-bond acceptors (Lipinski definition) is 2. The maximum absolute atomic E-state index is 10.1. The van der Waals surface area contributed by atoms with E-state index in [-0.39, 0.29) is 5.41 Å². The normalized spacial score (nSPS) is 19.9. The SMILES string of the molecule is COc1ccc(C2(c3ccc(O)c(C)c3)c3ccc4c(c32)CCCC4)cc1. The van der Waals surface area contributed by atoms with Crippen LogP contribution in [-0.4, -0.2) is 12.2 Å². The first kappa shape index (κ1) is 16.4. The van der Waals surface area contributed by atoms with Gasteiger partial charge in [0.25, 0.3) is 0 Å². The van der Waals surface area contributed by atoms with Crippen molar-refractivity contribution in [2.75, 3.05) is 7.11 Å². The summed E-state index contributed by atoms with van der Waals surface area (Å²) in [5.41, 5.74) is 9.25. The molecule has 1 N–H and O–H groups in total. The number of fused-ring (bicyclic) bond motifs is 3. The standard InChI is InChI=1S/C25H24O2/c1-16-15-19(10-14-23(16)26)25(18-8-11-20(27-2)12-9-18)22-13-7-17-5-3-4-6-21(17)24(22)25/h7-15,26H,3-6H2,1-2H3. The van der Waals surface area contributed by atoms with Crippen LogP contribution >= 0.6 is 0 Å². The van der Waals surface area contributed by atoms with E-state index in [1.54, 1.807) is 12.7 Å². The van der Waals surface area contributed by atoms with Gasteiger partial charge < -0.3 is 9.84 Å². The number of aryl methyl sites for hydroxylation is 2. The largest absolute Gasteiger partial charge is 0.508 e. The van der Waals surface area contributed by atoms with Gasteiger partial charge in [0.05, 0.1) is 12.5 Å². The summed E-state index contributed by atoms with van der Waals surface area (Å²) in [7, 11) is 1.70. The summed E-state index contributed by atoms with van der Waals surface area (Å²) in [5.74, 6) is 1.23. The lowest BCUT2D eigenvalue weighted by atomic mass is 9.81. The Morgan fingerprint density at radius 2 is 1.63 bits per heavy atom. The van der Waals surface area contributed by atoms with Crippen LogP contribution in [0.15, 0.2) is 54.6 Å². The van der Waals surface area contributed by atoms with Crippen molar-refractivity contribution >= 4 is 0 Å². The van der Waals surface area contributed by atoms with Gasteiger partial charge in [0.15, 0.2) is 0 Å². The summed E-state index contributed by atoms with van der Waals surface area (Å²) in [6.45, 7) is 1.98. The van der Waals surface area contributed by atoms with Gasteiger partial charge in [-0.2, -0.15) is 0 Å². The van der Waals surface area contributed by atoms with E-state index < -0.39 is 0 Å². The van der Waals surface area contributed by atoms with Gasteiger partial charge in [0.2, 0.25) is 0 Å². The number of phenolic OH excluding ortho intramolecular Hbond substituents is 1. The fourth-order valence-corrected chi connectivity index (χ4v) is 4.98. The molecule has 0 fully saturated rings. The minimum Gasteiger partial charge on any atom is -0.508 e. The minimum absolute atomic E-state index is 0.185. The number of benzene rings is 3. The van der Waals surface area contributed by atoms with Gasteiger partial charge in [-0.15, -0.1) is 0 Å². The van der Waals surface area contributed by atoms with E-state index in [1.165, 1.54) is 53.5 Å². The first-order chi connectivity index (χ1) is 13.2. The molecule has 2 nitrogen and oxygen atoms in total. The third kappa shape index (κ3) is 2.26. The molecule has 2 aliphatic carbocycles. The molecule has 1 atom stereocenters. The fraction of sp³-hybridized carbons (Fsp3) is 0.280. The molecule has 5 rings (SSSR count). The molecule has 27 heavy (non-hydrogen) atoms. The molecule has 3 aromatic carbocycles. The van der Waals surface area contributed by atoms with Crippen LogP contribution < -0.4 is 4.74 Å². The second-order valence-electron chi connectivity index (χ2n) is 7.81. The van der Waals surface area contributed by atoms with Gasteiger partial charge in [-0.3, -0.25) is 0 Å². The van der Waals surface area contributed by atoms with Crippen LogP contribution in [0.3, 0.4) is 0 Å². The second kappa shape index (κ2) is 5.88. The van der Waals surface area contributed by atoms with E-state index >= 15 is 0 Å². The van der Waals surface area contributed by atoms with Gasteiger partial charge in [-0.1, -0.05) is 36.4 Å². The van der Waals surface area contributed by atoms with Gasteiger partial charge in [0, 0.05) is 0 Å². The lowest BCUT2D eigenvalue weighted by Gasteiger charge is -2.21. The van der Waals surface area contributed by atoms with Crippen LogP contribution in [0, 0.1) is 6.92 Å². The predicted molar refractivity (Wildman–Crippen MR) is 108 cm³/mol.